The summed E-state index contributed by atoms with van der Waals surface area (Å²) in [7, 11) is -1.59. The third-order valence-electron chi connectivity index (χ3n) is 5.21. The lowest BCUT2D eigenvalue weighted by Crippen LogP contribution is -2.47. The fourth-order valence-electron chi connectivity index (χ4n) is 3.71. The van der Waals surface area contributed by atoms with Crippen molar-refractivity contribution < 1.29 is 13.2 Å². The van der Waals surface area contributed by atoms with Crippen molar-refractivity contribution in [3.05, 3.63) is 59.7 Å². The molecule has 0 amide bonds. The SMILES string of the molecule is COc1ccccc1N1CCN(CCCNS(=O)(=O)Cc2cccc(C)c2)CC1. The van der Waals surface area contributed by atoms with Crippen molar-refractivity contribution >= 4 is 15.7 Å². The molecule has 0 radical (unpaired) electrons. The van der Waals surface area contributed by atoms with Gasteiger partial charge in [0.05, 0.1) is 18.6 Å². The van der Waals surface area contributed by atoms with Crippen molar-refractivity contribution in [2.75, 3.05) is 51.3 Å². The third kappa shape index (κ3) is 6.45. The lowest BCUT2D eigenvalue weighted by atomic mass is 10.2. The molecule has 0 spiro atoms. The molecule has 1 aliphatic rings. The first-order valence-corrected chi connectivity index (χ1v) is 11.8. The molecule has 29 heavy (non-hydrogen) atoms. The number of aryl methyl sites for hydroxylation is 1. The normalized spacial score (nSPS) is 15.4. The summed E-state index contributed by atoms with van der Waals surface area (Å²) in [5.74, 6) is 0.940. The van der Waals surface area contributed by atoms with Crippen LogP contribution in [0.4, 0.5) is 5.69 Å². The summed E-state index contributed by atoms with van der Waals surface area (Å²) in [5.41, 5.74) is 3.04. The largest absolute Gasteiger partial charge is 0.495 e. The molecule has 0 bridgehead atoms. The number of methoxy groups -OCH3 is 1. The van der Waals surface area contributed by atoms with E-state index in [0.29, 0.717) is 6.54 Å². The number of hydrogen-bond donors (Lipinski definition) is 1. The molecule has 0 saturated carbocycles. The Labute approximate surface area is 174 Å². The molecule has 1 saturated heterocycles. The predicted octanol–water partition coefficient (Wildman–Crippen LogP) is 2.64. The molecular formula is C22H31N3O3S. The van der Waals surface area contributed by atoms with Crippen molar-refractivity contribution in [2.24, 2.45) is 0 Å². The van der Waals surface area contributed by atoms with E-state index in [9.17, 15) is 8.42 Å². The minimum Gasteiger partial charge on any atom is -0.495 e. The van der Waals surface area contributed by atoms with Crippen molar-refractivity contribution in [1.82, 2.24) is 9.62 Å². The maximum absolute atomic E-state index is 12.3. The number of rotatable bonds is 9. The number of hydrogen-bond acceptors (Lipinski definition) is 5. The molecule has 2 aromatic rings. The molecule has 0 atom stereocenters. The highest BCUT2D eigenvalue weighted by Crippen LogP contribution is 2.28. The van der Waals surface area contributed by atoms with Gasteiger partial charge in [-0.2, -0.15) is 0 Å². The van der Waals surface area contributed by atoms with Crippen molar-refractivity contribution in [2.45, 2.75) is 19.1 Å². The van der Waals surface area contributed by atoms with E-state index in [1.54, 1.807) is 7.11 Å². The molecule has 7 heteroatoms. The molecule has 1 heterocycles. The van der Waals surface area contributed by atoms with Crippen LogP contribution in [-0.2, 0) is 15.8 Å². The first kappa shape index (κ1) is 21.6. The van der Waals surface area contributed by atoms with Gasteiger partial charge in [-0.15, -0.1) is 0 Å². The Bertz CT molecular complexity index is 894. The highest BCUT2D eigenvalue weighted by molar-refractivity contribution is 7.88. The Morgan fingerprint density at radius 1 is 1.03 bits per heavy atom. The Morgan fingerprint density at radius 3 is 2.52 bits per heavy atom. The Morgan fingerprint density at radius 2 is 1.79 bits per heavy atom. The summed E-state index contributed by atoms with van der Waals surface area (Å²) >= 11 is 0. The second-order valence-electron chi connectivity index (χ2n) is 7.50. The zero-order valence-electron chi connectivity index (χ0n) is 17.3. The lowest BCUT2D eigenvalue weighted by Gasteiger charge is -2.36. The Hall–Kier alpha value is -2.09. The summed E-state index contributed by atoms with van der Waals surface area (Å²) in [4.78, 5) is 4.74. The number of ether oxygens (including phenoxy) is 1. The van der Waals surface area contributed by atoms with Crippen molar-refractivity contribution in [3.63, 3.8) is 0 Å². The van der Waals surface area contributed by atoms with Gasteiger partial charge in [-0.25, -0.2) is 13.1 Å². The van der Waals surface area contributed by atoms with E-state index >= 15 is 0 Å². The third-order valence-corrected chi connectivity index (χ3v) is 6.57. The summed E-state index contributed by atoms with van der Waals surface area (Å²) < 4.78 is 32.8. The fourth-order valence-corrected chi connectivity index (χ4v) is 4.88. The van der Waals surface area contributed by atoms with Gasteiger partial charge in [0, 0.05) is 32.7 Å². The van der Waals surface area contributed by atoms with Gasteiger partial charge >= 0.3 is 0 Å². The van der Waals surface area contributed by atoms with E-state index in [1.165, 1.54) is 0 Å². The molecule has 3 rings (SSSR count). The average Bonchev–Trinajstić information content (AvgIpc) is 2.71. The number of anilines is 1. The van der Waals surface area contributed by atoms with Gasteiger partial charge in [-0.05, 0) is 37.6 Å². The second kappa shape index (κ2) is 10.1. The number of nitrogens with zero attached hydrogens (tertiary/aromatic N) is 2. The van der Waals surface area contributed by atoms with Crippen LogP contribution >= 0.6 is 0 Å². The summed E-state index contributed by atoms with van der Waals surface area (Å²) in [6, 6.07) is 15.7. The number of para-hydroxylation sites is 2. The van der Waals surface area contributed by atoms with Crippen LogP contribution in [0.25, 0.3) is 0 Å². The van der Waals surface area contributed by atoms with E-state index in [1.807, 2.05) is 49.4 Å². The molecule has 1 fully saturated rings. The minimum absolute atomic E-state index is 0.0340. The van der Waals surface area contributed by atoms with Gasteiger partial charge in [0.25, 0.3) is 0 Å². The molecule has 1 aliphatic heterocycles. The van der Waals surface area contributed by atoms with Gasteiger partial charge in [0.2, 0.25) is 10.0 Å². The smallest absolute Gasteiger partial charge is 0.215 e. The maximum Gasteiger partial charge on any atom is 0.215 e. The van der Waals surface area contributed by atoms with E-state index in [-0.39, 0.29) is 5.75 Å². The molecule has 0 aliphatic carbocycles. The van der Waals surface area contributed by atoms with Gasteiger partial charge < -0.3 is 9.64 Å². The van der Waals surface area contributed by atoms with Crippen LogP contribution in [0, 0.1) is 6.92 Å². The number of piperazine rings is 1. The van der Waals surface area contributed by atoms with Crippen LogP contribution in [-0.4, -0.2) is 59.7 Å². The molecule has 2 aromatic carbocycles. The fraction of sp³-hybridized carbons (Fsp3) is 0.455. The number of nitrogens with one attached hydrogen (secondary N) is 1. The van der Waals surface area contributed by atoms with Crippen LogP contribution in [0.5, 0.6) is 5.75 Å². The molecule has 158 valence electrons. The topological polar surface area (TPSA) is 61.9 Å². The standard InChI is InChI=1S/C22H31N3O3S/c1-19-7-5-8-20(17-19)18-29(26,27)23-11-6-12-24-13-15-25(16-14-24)21-9-3-4-10-22(21)28-2/h3-5,7-10,17,23H,6,11-16,18H2,1-2H3. The van der Waals surface area contributed by atoms with Gasteiger partial charge in [0.1, 0.15) is 5.75 Å². The van der Waals surface area contributed by atoms with Gasteiger partial charge in [-0.3, -0.25) is 4.90 Å². The van der Waals surface area contributed by atoms with Crippen LogP contribution in [0.1, 0.15) is 17.5 Å². The van der Waals surface area contributed by atoms with E-state index < -0.39 is 10.0 Å². The molecule has 0 aromatic heterocycles. The zero-order valence-corrected chi connectivity index (χ0v) is 18.1. The second-order valence-corrected chi connectivity index (χ2v) is 9.30. The van der Waals surface area contributed by atoms with Crippen LogP contribution in [0.2, 0.25) is 0 Å². The van der Waals surface area contributed by atoms with E-state index in [0.717, 1.165) is 61.7 Å². The minimum atomic E-state index is -3.30. The first-order chi connectivity index (χ1) is 14.0. The average molecular weight is 418 g/mol. The summed E-state index contributed by atoms with van der Waals surface area (Å²) in [5, 5.41) is 0. The zero-order chi connectivity index (χ0) is 20.7. The molecule has 0 unspecified atom stereocenters. The Balaban J connectivity index is 1.38. The van der Waals surface area contributed by atoms with Crippen LogP contribution in [0.3, 0.4) is 0 Å². The maximum atomic E-state index is 12.3. The van der Waals surface area contributed by atoms with E-state index in [4.69, 9.17) is 4.74 Å². The summed E-state index contributed by atoms with van der Waals surface area (Å²) in [6.45, 7) is 7.16. The highest BCUT2D eigenvalue weighted by atomic mass is 32.2. The number of sulfonamides is 1. The van der Waals surface area contributed by atoms with Crippen molar-refractivity contribution in [3.8, 4) is 5.75 Å². The van der Waals surface area contributed by atoms with Gasteiger partial charge in [0.15, 0.2) is 0 Å². The van der Waals surface area contributed by atoms with Gasteiger partial charge in [-0.1, -0.05) is 42.0 Å². The quantitative estimate of drug-likeness (QED) is 0.636. The monoisotopic (exact) mass is 417 g/mol. The Kier molecular flexibility index (Phi) is 7.52. The summed E-state index contributed by atoms with van der Waals surface area (Å²) in [6.07, 6.45) is 0.807. The first-order valence-electron chi connectivity index (χ1n) is 10.1. The van der Waals surface area contributed by atoms with E-state index in [2.05, 4.69) is 20.6 Å². The number of benzene rings is 2. The molecular weight excluding hydrogens is 386 g/mol. The molecule has 6 nitrogen and oxygen atoms in total. The highest BCUT2D eigenvalue weighted by Gasteiger charge is 2.19. The lowest BCUT2D eigenvalue weighted by molar-refractivity contribution is 0.254. The van der Waals surface area contributed by atoms with Crippen LogP contribution in [0.15, 0.2) is 48.5 Å². The molecule has 1 N–H and O–H groups in total. The van der Waals surface area contributed by atoms with Crippen molar-refractivity contribution in [1.29, 1.82) is 0 Å². The van der Waals surface area contributed by atoms with Crippen LogP contribution < -0.4 is 14.4 Å². The predicted molar refractivity (Wildman–Crippen MR) is 118 cm³/mol.